The Morgan fingerprint density at radius 2 is 1.71 bits per heavy atom. The average Bonchev–Trinajstić information content (AvgIpc) is 3.91. The molecule has 3 aliphatic rings. The van der Waals surface area contributed by atoms with E-state index in [9.17, 15) is 14.9 Å². The predicted octanol–water partition coefficient (Wildman–Crippen LogP) is 4.02. The monoisotopic (exact) mass is 649 g/mol. The van der Waals surface area contributed by atoms with Crippen molar-refractivity contribution in [3.63, 3.8) is 0 Å². The number of carbonyl (C=O) groups is 2. The number of likely N-dealkylation sites (tertiary alicyclic amines) is 1. The second kappa shape index (κ2) is 14.7. The van der Waals surface area contributed by atoms with Crippen LogP contribution in [0.5, 0.6) is 0 Å². The quantitative estimate of drug-likeness (QED) is 0.230. The van der Waals surface area contributed by atoms with Gasteiger partial charge in [-0.05, 0) is 111 Å². The third kappa shape index (κ3) is 6.46. The Hall–Kier alpha value is -4.56. The fourth-order valence-electron chi connectivity index (χ4n) is 8.26. The van der Waals surface area contributed by atoms with Crippen LogP contribution in [0.3, 0.4) is 0 Å². The van der Waals surface area contributed by atoms with Crippen molar-refractivity contribution < 1.29 is 9.59 Å². The number of fused-ring (bicyclic) bond motifs is 2. The number of hydrogen-bond acceptors (Lipinski definition) is 8. The topological polar surface area (TPSA) is 152 Å². The number of carbonyl (C=O) groups excluding carboxylic acids is 2. The molecule has 2 heterocycles. The van der Waals surface area contributed by atoms with Crippen molar-refractivity contribution >= 4 is 17.5 Å². The number of nitrogens with zero attached hydrogens (tertiary/aromatic N) is 5. The zero-order valence-electron chi connectivity index (χ0n) is 28.1. The van der Waals surface area contributed by atoms with Crippen LogP contribution in [0.25, 0.3) is 5.70 Å². The smallest absolute Gasteiger partial charge is 0.251 e. The molecular weight excluding hydrogens is 602 g/mol. The Bertz CT molecular complexity index is 1600. The summed E-state index contributed by atoms with van der Waals surface area (Å²) in [5.41, 5.74) is 6.09. The van der Waals surface area contributed by atoms with Gasteiger partial charge in [0.2, 0.25) is 5.91 Å². The minimum absolute atomic E-state index is 0.0320. The summed E-state index contributed by atoms with van der Waals surface area (Å²) in [7, 11) is 0. The highest BCUT2D eigenvalue weighted by molar-refractivity contribution is 5.94. The number of benzene rings is 2. The Morgan fingerprint density at radius 3 is 2.35 bits per heavy atom. The molecule has 0 bridgehead atoms. The lowest BCUT2D eigenvalue weighted by Gasteiger charge is -2.39. The van der Waals surface area contributed by atoms with Crippen molar-refractivity contribution in [2.75, 3.05) is 26.2 Å². The molecule has 11 nitrogen and oxygen atoms in total. The van der Waals surface area contributed by atoms with Gasteiger partial charge in [-0.1, -0.05) is 42.8 Å². The molecule has 48 heavy (non-hydrogen) atoms. The molecule has 0 radical (unpaired) electrons. The van der Waals surface area contributed by atoms with Gasteiger partial charge in [0.15, 0.2) is 5.82 Å². The van der Waals surface area contributed by atoms with Crippen molar-refractivity contribution in [2.24, 2.45) is 5.92 Å². The first-order chi connectivity index (χ1) is 23.4. The third-order valence-corrected chi connectivity index (χ3v) is 10.6. The number of nitrogens with one attached hydrogen (secondary N) is 4. The van der Waals surface area contributed by atoms with E-state index in [0.717, 1.165) is 85.9 Å². The van der Waals surface area contributed by atoms with E-state index in [4.69, 9.17) is 0 Å². The molecule has 11 heteroatoms. The molecule has 1 aliphatic heterocycles. The molecular formula is C37H47N9O2. The van der Waals surface area contributed by atoms with E-state index in [1.54, 1.807) is 4.90 Å². The molecule has 6 rings (SSSR count). The van der Waals surface area contributed by atoms with Gasteiger partial charge >= 0.3 is 0 Å². The largest absolute Gasteiger partial charge is 0.385 e. The van der Waals surface area contributed by atoms with Gasteiger partial charge in [-0.2, -0.15) is 10.5 Å². The minimum Gasteiger partial charge on any atom is -0.385 e. The van der Waals surface area contributed by atoms with Crippen LogP contribution >= 0.6 is 0 Å². The lowest BCUT2D eigenvalue weighted by Crippen LogP contribution is -2.48. The molecule has 2 amide bonds. The maximum atomic E-state index is 13.5. The lowest BCUT2D eigenvalue weighted by molar-refractivity contribution is -0.130. The highest BCUT2D eigenvalue weighted by atomic mass is 16.2. The molecule has 4 N–H and O–H groups in total. The van der Waals surface area contributed by atoms with E-state index in [1.807, 2.05) is 19.1 Å². The summed E-state index contributed by atoms with van der Waals surface area (Å²) in [4.78, 5) is 28.3. The van der Waals surface area contributed by atoms with E-state index in [-0.39, 0.29) is 30.4 Å². The van der Waals surface area contributed by atoms with Crippen LogP contribution < -0.4 is 16.0 Å². The van der Waals surface area contributed by atoms with E-state index in [0.29, 0.717) is 36.8 Å². The summed E-state index contributed by atoms with van der Waals surface area (Å²) in [5.74, 6) is 0.786. The average molecular weight is 650 g/mol. The highest BCUT2D eigenvalue weighted by Gasteiger charge is 2.47. The Kier molecular flexibility index (Phi) is 10.2. The van der Waals surface area contributed by atoms with Crippen LogP contribution in [-0.2, 0) is 23.1 Å². The highest BCUT2D eigenvalue weighted by Crippen LogP contribution is 2.48. The molecule has 3 atom stereocenters. The van der Waals surface area contributed by atoms with Crippen LogP contribution in [0, 0.1) is 17.2 Å². The van der Waals surface area contributed by atoms with E-state index in [2.05, 4.69) is 80.4 Å². The van der Waals surface area contributed by atoms with Crippen molar-refractivity contribution in [1.29, 1.82) is 5.26 Å². The van der Waals surface area contributed by atoms with Gasteiger partial charge in [0.1, 0.15) is 6.04 Å². The van der Waals surface area contributed by atoms with Crippen LogP contribution in [-0.4, -0.2) is 75.6 Å². The standard InChI is InChI=1S/C37H47N9O2/c1-4-39-24(3)26-14-16-31-27(19-26)12-13-28-20-29(35(48)40-5-2)15-17-32(28)37(31,36-42-44-45-43-36)21-33(25-9-6-7-10-25)41-23-34(47)46-18-8-11-30(46)22-38/h14-17,19-20,25,30,33,39,41H,3-13,18,21,23H2,1-2H3,(H,40,48)(H,42,43,44,45)/t30?,33-,37?/m1/s1. The molecule has 0 spiro atoms. The number of tetrazole rings is 1. The van der Waals surface area contributed by atoms with Crippen molar-refractivity contribution in [2.45, 2.75) is 89.1 Å². The molecule has 3 aromatic rings. The first kappa shape index (κ1) is 33.3. The van der Waals surface area contributed by atoms with Crippen molar-refractivity contribution in [3.05, 3.63) is 82.2 Å². The Labute approximate surface area is 282 Å². The summed E-state index contributed by atoms with van der Waals surface area (Å²) >= 11 is 0. The van der Waals surface area contributed by atoms with Gasteiger partial charge in [-0.15, -0.1) is 10.2 Å². The first-order valence-electron chi connectivity index (χ1n) is 17.5. The normalized spacial score (nSPS) is 21.1. The van der Waals surface area contributed by atoms with Crippen molar-refractivity contribution in [3.8, 4) is 6.07 Å². The zero-order chi connectivity index (χ0) is 33.7. The number of aromatic nitrogens is 4. The van der Waals surface area contributed by atoms with Crippen molar-refractivity contribution in [1.82, 2.24) is 41.5 Å². The van der Waals surface area contributed by atoms with Crippen LogP contribution in [0.4, 0.5) is 0 Å². The van der Waals surface area contributed by atoms with Gasteiger partial charge < -0.3 is 20.9 Å². The summed E-state index contributed by atoms with van der Waals surface area (Å²) in [5, 5.41) is 35.9. The number of rotatable bonds is 12. The maximum Gasteiger partial charge on any atom is 0.251 e. The van der Waals surface area contributed by atoms with Crippen LogP contribution in [0.2, 0.25) is 0 Å². The number of nitriles is 1. The second-order valence-corrected chi connectivity index (χ2v) is 13.4. The van der Waals surface area contributed by atoms with Gasteiger partial charge in [0.25, 0.3) is 5.91 Å². The van der Waals surface area contributed by atoms with E-state index in [1.165, 1.54) is 5.56 Å². The number of aromatic amines is 1. The molecule has 252 valence electrons. The lowest BCUT2D eigenvalue weighted by atomic mass is 9.66. The molecule has 2 unspecified atom stereocenters. The fourth-order valence-corrected chi connectivity index (χ4v) is 8.26. The zero-order valence-corrected chi connectivity index (χ0v) is 28.1. The fraction of sp³-hybridized carbons (Fsp3) is 0.514. The third-order valence-electron chi connectivity index (χ3n) is 10.6. The molecule has 1 saturated carbocycles. The number of H-pyrrole nitrogens is 1. The van der Waals surface area contributed by atoms with E-state index < -0.39 is 5.41 Å². The number of aryl methyl sites for hydroxylation is 2. The maximum absolute atomic E-state index is 13.5. The van der Waals surface area contributed by atoms with Crippen LogP contribution in [0.15, 0.2) is 43.0 Å². The molecule has 2 aliphatic carbocycles. The predicted molar refractivity (Wildman–Crippen MR) is 184 cm³/mol. The molecule has 1 saturated heterocycles. The SMILES string of the molecule is C=C(NCC)c1ccc2c(c1)CCc1cc(C(=O)NCC)ccc1C2(C[C@@H](NCC(=O)N1CCCC1C#N)C1CCCC1)c1nn[nH]n1. The van der Waals surface area contributed by atoms with E-state index >= 15 is 0 Å². The molecule has 2 aromatic carbocycles. The van der Waals surface area contributed by atoms with Gasteiger partial charge in [0.05, 0.1) is 18.0 Å². The summed E-state index contributed by atoms with van der Waals surface area (Å²) in [6.07, 6.45) is 8.09. The van der Waals surface area contributed by atoms with Crippen LogP contribution in [0.1, 0.15) is 103 Å². The molecule has 1 aromatic heterocycles. The molecule has 2 fully saturated rings. The minimum atomic E-state index is -0.821. The first-order valence-corrected chi connectivity index (χ1v) is 17.5. The summed E-state index contributed by atoms with van der Waals surface area (Å²) in [6.45, 7) is 10.4. The summed E-state index contributed by atoms with van der Waals surface area (Å²) in [6, 6.07) is 14.4. The number of amides is 2. The van der Waals surface area contributed by atoms with Gasteiger partial charge in [0, 0.05) is 36.9 Å². The van der Waals surface area contributed by atoms with Gasteiger partial charge in [-0.25, -0.2) is 0 Å². The Balaban J connectivity index is 1.48. The second-order valence-electron chi connectivity index (χ2n) is 13.4. The number of hydrogen-bond donors (Lipinski definition) is 4. The summed E-state index contributed by atoms with van der Waals surface area (Å²) < 4.78 is 0. The Morgan fingerprint density at radius 1 is 1.02 bits per heavy atom. The van der Waals surface area contributed by atoms with Gasteiger partial charge in [-0.3, -0.25) is 9.59 Å².